The van der Waals surface area contributed by atoms with Crippen molar-refractivity contribution in [3.63, 3.8) is 0 Å². The molecule has 2 rings (SSSR count). The van der Waals surface area contributed by atoms with Crippen molar-refractivity contribution in [1.29, 1.82) is 0 Å². The number of aryl methyl sites for hydroxylation is 1. The molecule has 1 aliphatic heterocycles. The number of nitrogens with zero attached hydrogens (tertiary/aromatic N) is 2. The number of pyridine rings is 1. The van der Waals surface area contributed by atoms with E-state index in [4.69, 9.17) is 11.6 Å². The molecule has 0 bridgehead atoms. The van der Waals surface area contributed by atoms with Crippen LogP contribution in [0, 0.1) is 0 Å². The third-order valence-electron chi connectivity index (χ3n) is 3.31. The minimum absolute atomic E-state index is 0.0695. The summed E-state index contributed by atoms with van der Waals surface area (Å²) in [5.41, 5.74) is 1.56. The second-order valence-corrected chi connectivity index (χ2v) is 7.94. The fourth-order valence-electron chi connectivity index (χ4n) is 2.43. The van der Waals surface area contributed by atoms with E-state index < -0.39 is 0 Å². The summed E-state index contributed by atoms with van der Waals surface area (Å²) in [7, 11) is 0. The second-order valence-electron chi connectivity index (χ2n) is 5.75. The number of carbonyl (C=O) groups excluding carboxylic acids is 1. The van der Waals surface area contributed by atoms with Gasteiger partial charge in [0.15, 0.2) is 0 Å². The van der Waals surface area contributed by atoms with Crippen molar-refractivity contribution in [2.24, 2.45) is 0 Å². The highest BCUT2D eigenvalue weighted by Gasteiger charge is 2.30. The summed E-state index contributed by atoms with van der Waals surface area (Å²) < 4.78 is 0.122. The van der Waals surface area contributed by atoms with E-state index in [9.17, 15) is 4.79 Å². The quantitative estimate of drug-likeness (QED) is 0.799. The van der Waals surface area contributed by atoms with Gasteiger partial charge in [-0.1, -0.05) is 24.9 Å². The van der Waals surface area contributed by atoms with Crippen molar-refractivity contribution in [2.75, 3.05) is 18.8 Å². The molecule has 1 aliphatic rings. The van der Waals surface area contributed by atoms with Crippen molar-refractivity contribution in [3.8, 4) is 0 Å². The van der Waals surface area contributed by atoms with Crippen LogP contribution >= 0.6 is 23.4 Å². The monoisotopic (exact) mass is 312 g/mol. The Bertz CT molecular complexity index is 505. The van der Waals surface area contributed by atoms with E-state index in [1.807, 2.05) is 22.7 Å². The van der Waals surface area contributed by atoms with E-state index in [2.05, 4.69) is 25.8 Å². The van der Waals surface area contributed by atoms with Crippen LogP contribution in [0.1, 0.15) is 43.2 Å². The van der Waals surface area contributed by atoms with Crippen molar-refractivity contribution in [2.45, 2.75) is 38.4 Å². The van der Waals surface area contributed by atoms with Gasteiger partial charge in [0.2, 0.25) is 0 Å². The van der Waals surface area contributed by atoms with Gasteiger partial charge < -0.3 is 4.90 Å². The van der Waals surface area contributed by atoms with E-state index in [0.717, 1.165) is 37.4 Å². The van der Waals surface area contributed by atoms with Crippen molar-refractivity contribution in [1.82, 2.24) is 9.88 Å². The highest BCUT2D eigenvalue weighted by Crippen LogP contribution is 2.30. The topological polar surface area (TPSA) is 33.2 Å². The standard InChI is InChI=1S/C15H21ClN2OS/c1-4-5-12-8-11(9-13(16)17-12)14(19)18-6-7-20-15(2,3)10-18/h8-9H,4-7,10H2,1-3H3. The molecule has 1 aromatic rings. The third-order valence-corrected chi connectivity index (χ3v) is 4.80. The molecule has 110 valence electrons. The lowest BCUT2D eigenvalue weighted by Crippen LogP contribution is -2.46. The molecule has 1 fully saturated rings. The molecule has 1 amide bonds. The summed E-state index contributed by atoms with van der Waals surface area (Å²) in [4.78, 5) is 18.8. The molecule has 1 aromatic heterocycles. The Morgan fingerprint density at radius 3 is 2.90 bits per heavy atom. The number of hydrogen-bond donors (Lipinski definition) is 0. The highest BCUT2D eigenvalue weighted by molar-refractivity contribution is 8.00. The molecule has 0 spiro atoms. The van der Waals surface area contributed by atoms with Gasteiger partial charge in [-0.2, -0.15) is 11.8 Å². The van der Waals surface area contributed by atoms with Gasteiger partial charge in [-0.15, -0.1) is 0 Å². The van der Waals surface area contributed by atoms with Crippen molar-refractivity contribution < 1.29 is 4.79 Å². The molecule has 0 unspecified atom stereocenters. The van der Waals surface area contributed by atoms with Gasteiger partial charge in [-0.25, -0.2) is 4.98 Å². The van der Waals surface area contributed by atoms with Crippen LogP contribution in [0.25, 0.3) is 0 Å². The maximum Gasteiger partial charge on any atom is 0.254 e. The van der Waals surface area contributed by atoms with Gasteiger partial charge in [-0.05, 0) is 32.4 Å². The fraction of sp³-hybridized carbons (Fsp3) is 0.600. The van der Waals surface area contributed by atoms with Gasteiger partial charge in [-0.3, -0.25) is 4.79 Å². The molecule has 0 saturated carbocycles. The van der Waals surface area contributed by atoms with E-state index in [-0.39, 0.29) is 10.7 Å². The van der Waals surface area contributed by atoms with Crippen molar-refractivity contribution in [3.05, 3.63) is 28.5 Å². The molecule has 0 atom stereocenters. The summed E-state index contributed by atoms with van der Waals surface area (Å²) in [5.74, 6) is 1.05. The fourth-order valence-corrected chi connectivity index (χ4v) is 3.77. The number of hydrogen-bond acceptors (Lipinski definition) is 3. The first-order valence-corrected chi connectivity index (χ1v) is 8.37. The predicted molar refractivity (Wildman–Crippen MR) is 85.7 cm³/mol. The van der Waals surface area contributed by atoms with Gasteiger partial charge in [0, 0.05) is 34.8 Å². The smallest absolute Gasteiger partial charge is 0.254 e. The Labute approximate surface area is 130 Å². The average molecular weight is 313 g/mol. The summed E-state index contributed by atoms with van der Waals surface area (Å²) in [6.45, 7) is 8.03. The first-order chi connectivity index (χ1) is 9.41. The van der Waals surface area contributed by atoms with Crippen LogP contribution in [0.5, 0.6) is 0 Å². The maximum atomic E-state index is 12.6. The number of rotatable bonds is 3. The molecule has 0 aromatic carbocycles. The second kappa shape index (κ2) is 6.35. The number of amides is 1. The summed E-state index contributed by atoms with van der Waals surface area (Å²) in [5, 5.41) is 0.407. The molecule has 2 heterocycles. The minimum Gasteiger partial charge on any atom is -0.336 e. The predicted octanol–water partition coefficient (Wildman–Crippen LogP) is 3.66. The Balaban J connectivity index is 2.20. The lowest BCUT2D eigenvalue weighted by Gasteiger charge is -2.37. The van der Waals surface area contributed by atoms with Crippen LogP contribution in [0.2, 0.25) is 5.15 Å². The van der Waals surface area contributed by atoms with Crippen LogP contribution in [0.4, 0.5) is 0 Å². The van der Waals surface area contributed by atoms with Crippen molar-refractivity contribution >= 4 is 29.3 Å². The number of thioether (sulfide) groups is 1. The van der Waals surface area contributed by atoms with E-state index in [0.29, 0.717) is 10.7 Å². The van der Waals surface area contributed by atoms with Crippen LogP contribution in [-0.2, 0) is 6.42 Å². The Morgan fingerprint density at radius 2 is 2.25 bits per heavy atom. The van der Waals surface area contributed by atoms with Gasteiger partial charge in [0.25, 0.3) is 5.91 Å². The molecule has 0 radical (unpaired) electrons. The molecular weight excluding hydrogens is 292 g/mol. The summed E-state index contributed by atoms with van der Waals surface area (Å²) >= 11 is 7.96. The van der Waals surface area contributed by atoms with E-state index >= 15 is 0 Å². The average Bonchev–Trinajstić information content (AvgIpc) is 2.36. The normalized spacial score (nSPS) is 18.1. The first kappa shape index (κ1) is 15.6. The molecular formula is C15H21ClN2OS. The third kappa shape index (κ3) is 3.89. The summed E-state index contributed by atoms with van der Waals surface area (Å²) in [6.07, 6.45) is 1.84. The highest BCUT2D eigenvalue weighted by atomic mass is 35.5. The van der Waals surface area contributed by atoms with Crippen LogP contribution in [0.15, 0.2) is 12.1 Å². The van der Waals surface area contributed by atoms with Gasteiger partial charge in [0.1, 0.15) is 5.15 Å². The molecule has 3 nitrogen and oxygen atoms in total. The zero-order valence-electron chi connectivity index (χ0n) is 12.3. The summed E-state index contributed by atoms with van der Waals surface area (Å²) in [6, 6.07) is 3.56. The zero-order valence-corrected chi connectivity index (χ0v) is 13.9. The zero-order chi connectivity index (χ0) is 14.8. The van der Waals surface area contributed by atoms with Crippen LogP contribution in [-0.4, -0.2) is 39.4 Å². The van der Waals surface area contributed by atoms with E-state index in [1.54, 1.807) is 6.07 Å². The first-order valence-electron chi connectivity index (χ1n) is 7.01. The maximum absolute atomic E-state index is 12.6. The van der Waals surface area contributed by atoms with Gasteiger partial charge >= 0.3 is 0 Å². The molecule has 0 N–H and O–H groups in total. The lowest BCUT2D eigenvalue weighted by atomic mass is 10.1. The molecule has 0 aliphatic carbocycles. The lowest BCUT2D eigenvalue weighted by molar-refractivity contribution is 0.0748. The Hall–Kier alpha value is -0.740. The van der Waals surface area contributed by atoms with E-state index in [1.165, 1.54) is 0 Å². The van der Waals surface area contributed by atoms with Gasteiger partial charge in [0.05, 0.1) is 0 Å². The molecule has 20 heavy (non-hydrogen) atoms. The molecule has 5 heteroatoms. The largest absolute Gasteiger partial charge is 0.336 e. The SMILES string of the molecule is CCCc1cc(C(=O)N2CCSC(C)(C)C2)cc(Cl)n1. The minimum atomic E-state index is 0.0695. The number of halogens is 1. The Kier molecular flexibility index (Phi) is 4.97. The Morgan fingerprint density at radius 1 is 1.50 bits per heavy atom. The number of aromatic nitrogens is 1. The molecule has 1 saturated heterocycles. The van der Waals surface area contributed by atoms with Crippen LogP contribution < -0.4 is 0 Å². The number of carbonyl (C=O) groups is 1. The van der Waals surface area contributed by atoms with Crippen LogP contribution in [0.3, 0.4) is 0 Å².